The van der Waals surface area contributed by atoms with Gasteiger partial charge in [-0.2, -0.15) is 0 Å². The minimum atomic E-state index is 0.666. The summed E-state index contributed by atoms with van der Waals surface area (Å²) in [5.74, 6) is 1.56. The lowest BCUT2D eigenvalue weighted by atomic mass is 10.1. The number of hydrogen-bond acceptors (Lipinski definition) is 3. The minimum absolute atomic E-state index is 0.666. The zero-order valence-electron chi connectivity index (χ0n) is 15.7. The van der Waals surface area contributed by atoms with Gasteiger partial charge in [0.25, 0.3) is 0 Å². The smallest absolute Gasteiger partial charge is 0.121 e. The van der Waals surface area contributed by atoms with Crippen LogP contribution in [0.2, 0.25) is 10.0 Å². The highest BCUT2D eigenvalue weighted by molar-refractivity contribution is 9.10. The molecule has 2 aromatic carbocycles. The van der Waals surface area contributed by atoms with Gasteiger partial charge in [0.1, 0.15) is 5.75 Å². The lowest BCUT2D eigenvalue weighted by molar-refractivity contribution is 0.306. The summed E-state index contributed by atoms with van der Waals surface area (Å²) in [5.41, 5.74) is 2.05. The summed E-state index contributed by atoms with van der Waals surface area (Å²) in [6.45, 7) is 5.00. The number of ether oxygens (including phenoxy) is 1. The first-order chi connectivity index (χ1) is 13.6. The normalized spacial score (nSPS) is 16.8. The molecule has 2 aromatic rings. The fraction of sp³-hybridized carbons (Fsp3) is 0.364. The van der Waals surface area contributed by atoms with E-state index in [1.807, 2.05) is 48.6 Å². The van der Waals surface area contributed by atoms with E-state index < -0.39 is 0 Å². The van der Waals surface area contributed by atoms with Crippen molar-refractivity contribution in [2.24, 2.45) is 5.92 Å². The number of benzene rings is 2. The number of nitrogens with one attached hydrogen (secondary N) is 2. The van der Waals surface area contributed by atoms with Gasteiger partial charge in [-0.3, -0.25) is 0 Å². The van der Waals surface area contributed by atoms with Crippen molar-refractivity contribution in [3.05, 3.63) is 62.0 Å². The zero-order valence-corrected chi connectivity index (χ0v) is 18.8. The highest BCUT2D eigenvalue weighted by atomic mass is 79.9. The Bertz CT molecular complexity index is 807. The van der Waals surface area contributed by atoms with E-state index in [1.54, 1.807) is 0 Å². The molecule has 150 valence electrons. The van der Waals surface area contributed by atoms with E-state index in [4.69, 9.17) is 27.9 Å². The van der Waals surface area contributed by atoms with Crippen molar-refractivity contribution < 1.29 is 4.74 Å². The predicted molar refractivity (Wildman–Crippen MR) is 123 cm³/mol. The topological polar surface area (TPSA) is 33.3 Å². The molecule has 0 saturated carbocycles. The molecule has 2 N–H and O–H groups in total. The molecule has 1 unspecified atom stereocenters. The molecule has 28 heavy (non-hydrogen) atoms. The molecule has 0 aliphatic carbocycles. The van der Waals surface area contributed by atoms with E-state index in [1.165, 1.54) is 6.42 Å². The Balaban J connectivity index is 1.47. The summed E-state index contributed by atoms with van der Waals surface area (Å²) in [6.07, 6.45) is 6.28. The van der Waals surface area contributed by atoms with E-state index in [0.29, 0.717) is 16.7 Å². The van der Waals surface area contributed by atoms with Gasteiger partial charge in [0.05, 0.1) is 6.61 Å². The third-order valence-corrected chi connectivity index (χ3v) is 5.81. The third kappa shape index (κ3) is 7.09. The highest BCUT2D eigenvalue weighted by Gasteiger charge is 2.12. The maximum absolute atomic E-state index is 6.26. The molecule has 6 heteroatoms. The standard InChI is InChI=1S/C22H25BrCl2N2O/c23-22-13-19(24)5-4-18(22)3-2-16-10-20(25)12-21(11-16)28-9-1-7-26-14-17-6-8-27-15-17/h2-5,10-13,17,26-27H,1,6-9,14-15H2/b3-2+. The molecule has 0 radical (unpaired) electrons. The van der Waals surface area contributed by atoms with Crippen LogP contribution >= 0.6 is 39.1 Å². The fourth-order valence-corrected chi connectivity index (χ4v) is 4.22. The van der Waals surface area contributed by atoms with Crippen molar-refractivity contribution in [3.8, 4) is 5.75 Å². The Morgan fingerprint density at radius 1 is 1.14 bits per heavy atom. The van der Waals surface area contributed by atoms with Crippen LogP contribution in [0.15, 0.2) is 40.9 Å². The molecule has 1 heterocycles. The van der Waals surface area contributed by atoms with Crippen LogP contribution < -0.4 is 15.4 Å². The zero-order chi connectivity index (χ0) is 19.8. The first-order valence-corrected chi connectivity index (χ1v) is 11.1. The van der Waals surface area contributed by atoms with Crippen LogP contribution in [0.1, 0.15) is 24.0 Å². The summed E-state index contributed by atoms with van der Waals surface area (Å²) in [4.78, 5) is 0. The molecule has 3 nitrogen and oxygen atoms in total. The van der Waals surface area contributed by atoms with Crippen molar-refractivity contribution in [2.75, 3.05) is 32.8 Å². The Morgan fingerprint density at radius 3 is 2.82 bits per heavy atom. The van der Waals surface area contributed by atoms with E-state index in [2.05, 4.69) is 26.6 Å². The molecule has 1 atom stereocenters. The molecule has 1 fully saturated rings. The number of rotatable bonds is 9. The van der Waals surface area contributed by atoms with Crippen LogP contribution in [0.3, 0.4) is 0 Å². The van der Waals surface area contributed by atoms with E-state index in [9.17, 15) is 0 Å². The average molecular weight is 484 g/mol. The average Bonchev–Trinajstić information content (AvgIpc) is 3.17. The predicted octanol–water partition coefficient (Wildman–Crippen LogP) is 5.89. The van der Waals surface area contributed by atoms with Gasteiger partial charge in [0.15, 0.2) is 0 Å². The minimum Gasteiger partial charge on any atom is -0.493 e. The molecular weight excluding hydrogens is 459 g/mol. The molecule has 0 bridgehead atoms. The quantitative estimate of drug-likeness (QED) is 0.344. The summed E-state index contributed by atoms with van der Waals surface area (Å²) in [7, 11) is 0. The first-order valence-electron chi connectivity index (χ1n) is 9.58. The monoisotopic (exact) mass is 482 g/mol. The molecule has 1 aliphatic rings. The van der Waals surface area contributed by atoms with Crippen molar-refractivity contribution in [1.82, 2.24) is 10.6 Å². The van der Waals surface area contributed by atoms with Gasteiger partial charge in [0.2, 0.25) is 0 Å². The van der Waals surface area contributed by atoms with Crippen molar-refractivity contribution in [1.29, 1.82) is 0 Å². The molecule has 1 aliphatic heterocycles. The van der Waals surface area contributed by atoms with Gasteiger partial charge >= 0.3 is 0 Å². The van der Waals surface area contributed by atoms with E-state index in [0.717, 1.165) is 59.9 Å². The SMILES string of the molecule is Clc1cc(/C=C/c2ccc(Cl)cc2Br)cc(OCCCNCC2CCNC2)c1. The van der Waals surface area contributed by atoms with E-state index >= 15 is 0 Å². The van der Waals surface area contributed by atoms with Gasteiger partial charge in [-0.15, -0.1) is 0 Å². The summed E-state index contributed by atoms with van der Waals surface area (Å²) < 4.78 is 6.85. The molecular formula is C22H25BrCl2N2O. The van der Waals surface area contributed by atoms with Gasteiger partial charge < -0.3 is 15.4 Å². The Morgan fingerprint density at radius 2 is 2.04 bits per heavy atom. The summed E-state index contributed by atoms with van der Waals surface area (Å²) >= 11 is 15.8. The van der Waals surface area contributed by atoms with Crippen LogP contribution in [0.5, 0.6) is 5.75 Å². The third-order valence-electron chi connectivity index (χ3n) is 4.67. The van der Waals surface area contributed by atoms with Gasteiger partial charge in [-0.25, -0.2) is 0 Å². The Labute approximate surface area is 185 Å². The van der Waals surface area contributed by atoms with Crippen LogP contribution in [0.25, 0.3) is 12.2 Å². The molecule has 0 spiro atoms. The Hall–Kier alpha value is -1.04. The van der Waals surface area contributed by atoms with Crippen molar-refractivity contribution in [3.63, 3.8) is 0 Å². The van der Waals surface area contributed by atoms with Crippen LogP contribution in [-0.4, -0.2) is 32.8 Å². The molecule has 0 amide bonds. The molecule has 3 rings (SSSR count). The van der Waals surface area contributed by atoms with Gasteiger partial charge in [-0.1, -0.05) is 57.4 Å². The van der Waals surface area contributed by atoms with Crippen LogP contribution in [0, 0.1) is 5.92 Å². The van der Waals surface area contributed by atoms with Crippen LogP contribution in [0.4, 0.5) is 0 Å². The second-order valence-corrected chi connectivity index (χ2v) is 8.71. The largest absolute Gasteiger partial charge is 0.493 e. The molecule has 1 saturated heterocycles. The van der Waals surface area contributed by atoms with E-state index in [-0.39, 0.29) is 0 Å². The van der Waals surface area contributed by atoms with Crippen LogP contribution in [-0.2, 0) is 0 Å². The first kappa shape index (κ1) is 21.7. The van der Waals surface area contributed by atoms with Gasteiger partial charge in [-0.05, 0) is 86.4 Å². The van der Waals surface area contributed by atoms with Crippen molar-refractivity contribution >= 4 is 51.3 Å². The molecule has 0 aromatic heterocycles. The lowest BCUT2D eigenvalue weighted by Crippen LogP contribution is -2.26. The highest BCUT2D eigenvalue weighted by Crippen LogP contribution is 2.26. The summed E-state index contributed by atoms with van der Waals surface area (Å²) in [6, 6.07) is 11.5. The number of halogens is 3. The second-order valence-electron chi connectivity index (χ2n) is 6.98. The maximum Gasteiger partial charge on any atom is 0.121 e. The summed E-state index contributed by atoms with van der Waals surface area (Å²) in [5, 5.41) is 8.28. The Kier molecular flexibility index (Phi) is 8.68. The van der Waals surface area contributed by atoms with Crippen molar-refractivity contribution in [2.45, 2.75) is 12.8 Å². The fourth-order valence-electron chi connectivity index (χ4n) is 3.17. The second kappa shape index (κ2) is 11.2. The maximum atomic E-state index is 6.26. The lowest BCUT2D eigenvalue weighted by Gasteiger charge is -2.11. The number of hydrogen-bond donors (Lipinski definition) is 2. The van der Waals surface area contributed by atoms with Gasteiger partial charge in [0, 0.05) is 14.5 Å².